The summed E-state index contributed by atoms with van der Waals surface area (Å²) >= 11 is 0. The molecule has 0 unspecified atom stereocenters. The van der Waals surface area contributed by atoms with Crippen molar-refractivity contribution in [3.05, 3.63) is 68.8 Å². The number of hydrogen-bond acceptors (Lipinski definition) is 10. The summed E-state index contributed by atoms with van der Waals surface area (Å²) in [5, 5.41) is 21.2. The Bertz CT molecular complexity index is 1030. The number of nitro benzene ring substituents is 2. The number of non-ortho nitro benzene ring substituents is 2. The molecule has 36 heavy (non-hydrogen) atoms. The first-order valence-corrected chi connectivity index (χ1v) is 10.0. The highest BCUT2D eigenvalue weighted by atomic mass is 16.6. The first-order valence-electron chi connectivity index (χ1n) is 10.0. The Morgan fingerprint density at radius 3 is 1.19 bits per heavy atom. The highest BCUT2D eigenvalue weighted by Crippen LogP contribution is 2.17. The van der Waals surface area contributed by atoms with Crippen LogP contribution in [0.2, 0.25) is 0 Å². The molecule has 0 aromatic heterocycles. The third-order valence-corrected chi connectivity index (χ3v) is 4.10. The van der Waals surface area contributed by atoms with Crippen molar-refractivity contribution < 1.29 is 38.5 Å². The van der Waals surface area contributed by atoms with Gasteiger partial charge in [-0.3, -0.25) is 61.1 Å². The number of nitrogens with zero attached hydrogens (tertiary/aromatic N) is 2. The molecule has 0 radical (unpaired) electrons. The van der Waals surface area contributed by atoms with Crippen molar-refractivity contribution in [3.8, 4) is 11.5 Å². The number of benzene rings is 2. The standard InChI is InChI=1S/C20H20N6O10/c27-17(21-23-19(29)11-35-15-5-1-13(2-6-15)25(31)32)9-10-18(28)22-24-20(30)12-36-16-7-3-14(4-8-16)26(33)34/h1-8H,9-12H2,(H,21,27)(H,22,28)(H,23,29)(H,24,30). The number of amides is 4. The second kappa shape index (κ2) is 13.4. The van der Waals surface area contributed by atoms with Gasteiger partial charge in [-0.1, -0.05) is 0 Å². The maximum atomic E-state index is 11.7. The van der Waals surface area contributed by atoms with Gasteiger partial charge < -0.3 is 9.47 Å². The van der Waals surface area contributed by atoms with E-state index in [1.165, 1.54) is 48.5 Å². The first kappa shape index (κ1) is 27.0. The molecule has 16 nitrogen and oxygen atoms in total. The molecular weight excluding hydrogens is 484 g/mol. The summed E-state index contributed by atoms with van der Waals surface area (Å²) in [5.41, 5.74) is 8.01. The quantitative estimate of drug-likeness (QED) is 0.237. The Morgan fingerprint density at radius 2 is 0.889 bits per heavy atom. The minimum absolute atomic E-state index is 0.141. The van der Waals surface area contributed by atoms with Crippen LogP contribution in [0.5, 0.6) is 11.5 Å². The molecule has 0 fully saturated rings. The average Bonchev–Trinajstić information content (AvgIpc) is 2.87. The largest absolute Gasteiger partial charge is 0.484 e. The fourth-order valence-corrected chi connectivity index (χ4v) is 2.33. The molecule has 2 rings (SSSR count). The molecule has 2 aromatic rings. The summed E-state index contributed by atoms with van der Waals surface area (Å²) in [4.78, 5) is 66.9. The van der Waals surface area contributed by atoms with Gasteiger partial charge in [-0.25, -0.2) is 0 Å². The fourth-order valence-electron chi connectivity index (χ4n) is 2.33. The SMILES string of the molecule is O=C(CCC(=O)NNC(=O)COc1ccc([N+](=O)[O-])cc1)NNC(=O)COc1ccc([N+](=O)[O-])cc1. The number of hydrazine groups is 2. The lowest BCUT2D eigenvalue weighted by molar-refractivity contribution is -0.385. The zero-order chi connectivity index (χ0) is 26.5. The Labute approximate surface area is 202 Å². The van der Waals surface area contributed by atoms with Gasteiger partial charge in [0.05, 0.1) is 9.85 Å². The molecule has 4 amide bonds. The van der Waals surface area contributed by atoms with Crippen LogP contribution in [-0.2, 0) is 19.2 Å². The van der Waals surface area contributed by atoms with E-state index in [1.807, 2.05) is 0 Å². The molecule has 0 aliphatic heterocycles. The van der Waals surface area contributed by atoms with Gasteiger partial charge in [-0.05, 0) is 24.3 Å². The number of carbonyl (C=O) groups is 4. The fraction of sp³-hybridized carbons (Fsp3) is 0.200. The lowest BCUT2D eigenvalue weighted by Gasteiger charge is -2.10. The maximum absolute atomic E-state index is 11.7. The highest BCUT2D eigenvalue weighted by molar-refractivity contribution is 5.87. The third-order valence-electron chi connectivity index (χ3n) is 4.10. The van der Waals surface area contributed by atoms with Crippen molar-refractivity contribution in [3.63, 3.8) is 0 Å². The van der Waals surface area contributed by atoms with Crippen LogP contribution >= 0.6 is 0 Å². The Balaban J connectivity index is 1.57. The number of carbonyl (C=O) groups excluding carboxylic acids is 4. The van der Waals surface area contributed by atoms with Gasteiger partial charge in [-0.15, -0.1) is 0 Å². The number of rotatable bonds is 11. The summed E-state index contributed by atoms with van der Waals surface area (Å²) < 4.78 is 10.2. The van der Waals surface area contributed by atoms with E-state index in [-0.39, 0.29) is 35.7 Å². The molecule has 0 heterocycles. The summed E-state index contributed by atoms with van der Waals surface area (Å²) in [6.45, 7) is -0.959. The number of hydrogen-bond donors (Lipinski definition) is 4. The molecule has 0 aliphatic rings. The van der Waals surface area contributed by atoms with Gasteiger partial charge in [0.2, 0.25) is 11.8 Å². The predicted octanol–water partition coefficient (Wildman–Crippen LogP) is 0.0358. The molecule has 0 spiro atoms. The maximum Gasteiger partial charge on any atom is 0.276 e. The normalized spacial score (nSPS) is 9.89. The average molecular weight is 504 g/mol. The van der Waals surface area contributed by atoms with E-state index in [0.717, 1.165) is 0 Å². The van der Waals surface area contributed by atoms with E-state index >= 15 is 0 Å². The zero-order valence-corrected chi connectivity index (χ0v) is 18.4. The summed E-state index contributed by atoms with van der Waals surface area (Å²) in [7, 11) is 0. The molecule has 190 valence electrons. The molecule has 2 aromatic carbocycles. The zero-order valence-electron chi connectivity index (χ0n) is 18.4. The molecule has 0 bridgehead atoms. The van der Waals surface area contributed by atoms with Crippen LogP contribution in [0.1, 0.15) is 12.8 Å². The van der Waals surface area contributed by atoms with E-state index in [1.54, 1.807) is 0 Å². The third kappa shape index (κ3) is 9.69. The van der Waals surface area contributed by atoms with Crippen molar-refractivity contribution in [1.82, 2.24) is 21.7 Å². The smallest absolute Gasteiger partial charge is 0.276 e. The molecule has 0 atom stereocenters. The van der Waals surface area contributed by atoms with E-state index in [9.17, 15) is 39.4 Å². The van der Waals surface area contributed by atoms with Crippen LogP contribution < -0.4 is 31.2 Å². The minimum atomic E-state index is -0.716. The van der Waals surface area contributed by atoms with Crippen molar-refractivity contribution in [2.24, 2.45) is 0 Å². The molecule has 4 N–H and O–H groups in total. The van der Waals surface area contributed by atoms with E-state index < -0.39 is 46.7 Å². The Morgan fingerprint density at radius 1 is 0.583 bits per heavy atom. The van der Waals surface area contributed by atoms with Gasteiger partial charge in [0.1, 0.15) is 11.5 Å². The van der Waals surface area contributed by atoms with Crippen LogP contribution in [-0.4, -0.2) is 46.7 Å². The molecule has 16 heteroatoms. The predicted molar refractivity (Wildman–Crippen MR) is 119 cm³/mol. The van der Waals surface area contributed by atoms with Gasteiger partial charge in [-0.2, -0.15) is 0 Å². The monoisotopic (exact) mass is 504 g/mol. The number of nitro groups is 2. The van der Waals surface area contributed by atoms with Crippen LogP contribution in [0, 0.1) is 20.2 Å². The minimum Gasteiger partial charge on any atom is -0.484 e. The number of ether oxygens (including phenoxy) is 2. The van der Waals surface area contributed by atoms with Crippen LogP contribution in [0.4, 0.5) is 11.4 Å². The lowest BCUT2D eigenvalue weighted by Crippen LogP contribution is -2.45. The molecule has 0 saturated heterocycles. The molecule has 0 saturated carbocycles. The van der Waals surface area contributed by atoms with Crippen molar-refractivity contribution in [2.45, 2.75) is 12.8 Å². The second-order valence-electron chi connectivity index (χ2n) is 6.77. The van der Waals surface area contributed by atoms with E-state index in [0.29, 0.717) is 0 Å². The lowest BCUT2D eigenvalue weighted by atomic mass is 10.3. The van der Waals surface area contributed by atoms with E-state index in [2.05, 4.69) is 21.7 Å². The van der Waals surface area contributed by atoms with Crippen LogP contribution in [0.3, 0.4) is 0 Å². The van der Waals surface area contributed by atoms with Crippen LogP contribution in [0.25, 0.3) is 0 Å². The topological polar surface area (TPSA) is 221 Å². The van der Waals surface area contributed by atoms with Gasteiger partial charge in [0, 0.05) is 37.1 Å². The van der Waals surface area contributed by atoms with Crippen molar-refractivity contribution in [2.75, 3.05) is 13.2 Å². The van der Waals surface area contributed by atoms with Crippen molar-refractivity contribution in [1.29, 1.82) is 0 Å². The Hall–Kier alpha value is -5.28. The van der Waals surface area contributed by atoms with Crippen LogP contribution in [0.15, 0.2) is 48.5 Å². The number of nitrogens with one attached hydrogen (secondary N) is 4. The second-order valence-corrected chi connectivity index (χ2v) is 6.77. The van der Waals surface area contributed by atoms with Crippen molar-refractivity contribution >= 4 is 35.0 Å². The molecule has 0 aliphatic carbocycles. The summed E-state index contributed by atoms with van der Waals surface area (Å²) in [5.74, 6) is -2.40. The summed E-state index contributed by atoms with van der Waals surface area (Å²) in [6.07, 6.45) is -0.630. The van der Waals surface area contributed by atoms with Gasteiger partial charge >= 0.3 is 0 Å². The summed E-state index contributed by atoms with van der Waals surface area (Å²) in [6, 6.07) is 10.0. The highest BCUT2D eigenvalue weighted by Gasteiger charge is 2.11. The molecular formula is C20H20N6O10. The van der Waals surface area contributed by atoms with Gasteiger partial charge in [0.15, 0.2) is 13.2 Å². The van der Waals surface area contributed by atoms with Gasteiger partial charge in [0.25, 0.3) is 23.2 Å². The Kier molecular flexibility index (Phi) is 10.1. The van der Waals surface area contributed by atoms with E-state index in [4.69, 9.17) is 9.47 Å². The first-order chi connectivity index (χ1) is 17.1.